The van der Waals surface area contributed by atoms with Crippen molar-refractivity contribution >= 4 is 27.5 Å². The number of ether oxygens (including phenoxy) is 1. The quantitative estimate of drug-likeness (QED) is 0.625. The van der Waals surface area contributed by atoms with Gasteiger partial charge in [-0.3, -0.25) is 9.69 Å². The Labute approximate surface area is 175 Å². The summed E-state index contributed by atoms with van der Waals surface area (Å²) in [5, 5.41) is 3.75. The van der Waals surface area contributed by atoms with Crippen molar-refractivity contribution in [1.82, 2.24) is 15.2 Å². The molecule has 1 N–H and O–H groups in total. The predicted octanol–water partition coefficient (Wildman–Crippen LogP) is 4.97. The van der Waals surface area contributed by atoms with E-state index in [1.165, 1.54) is 5.56 Å². The summed E-state index contributed by atoms with van der Waals surface area (Å²) in [5.41, 5.74) is 2.25. The molecule has 152 valence electrons. The second-order valence-electron chi connectivity index (χ2n) is 7.65. The number of hydrogen-bond donors (Lipinski definition) is 1. The van der Waals surface area contributed by atoms with E-state index in [1.54, 1.807) is 18.3 Å². The molecule has 3 aromatic rings. The molecule has 1 amide bonds. The fourth-order valence-corrected chi connectivity index (χ4v) is 4.88. The maximum absolute atomic E-state index is 11.4. The number of benzene rings is 2. The molecule has 1 aliphatic heterocycles. The summed E-state index contributed by atoms with van der Waals surface area (Å²) in [7, 11) is 0. The van der Waals surface area contributed by atoms with Crippen LogP contribution in [0.2, 0.25) is 0 Å². The summed E-state index contributed by atoms with van der Waals surface area (Å²) in [4.78, 5) is 18.4. The second kappa shape index (κ2) is 8.93. The lowest BCUT2D eigenvalue weighted by Gasteiger charge is -2.39. The van der Waals surface area contributed by atoms with Gasteiger partial charge in [-0.25, -0.2) is 4.98 Å². The molecule has 4 rings (SSSR count). The van der Waals surface area contributed by atoms with E-state index in [0.29, 0.717) is 17.3 Å². The van der Waals surface area contributed by atoms with Crippen molar-refractivity contribution in [3.63, 3.8) is 0 Å². The second-order valence-corrected chi connectivity index (χ2v) is 8.64. The number of nitrogens with one attached hydrogen (secondary N) is 1. The molecule has 0 unspecified atom stereocenters. The number of amides is 1. The number of hydrogen-bond acceptors (Lipinski definition) is 5. The predicted molar refractivity (Wildman–Crippen MR) is 117 cm³/mol. The monoisotopic (exact) mass is 409 g/mol. The SMILES string of the molecule is CC[C@H]1C[C@@H](NC(C)=O)CCN1Cc1ccc(Oc2nc3ccccc3s2)cc1. The van der Waals surface area contributed by atoms with E-state index in [1.807, 2.05) is 30.3 Å². The third kappa shape index (κ3) is 4.95. The third-order valence-corrected chi connectivity index (χ3v) is 6.42. The van der Waals surface area contributed by atoms with Crippen LogP contribution in [0.5, 0.6) is 10.9 Å². The zero-order valence-electron chi connectivity index (χ0n) is 16.9. The average Bonchev–Trinajstić information content (AvgIpc) is 3.12. The Bertz CT molecular complexity index is 937. The van der Waals surface area contributed by atoms with Crippen LogP contribution in [0.15, 0.2) is 48.5 Å². The van der Waals surface area contributed by atoms with E-state index in [0.717, 1.165) is 48.3 Å². The number of likely N-dealkylation sites (tertiary alicyclic amines) is 1. The lowest BCUT2D eigenvalue weighted by molar-refractivity contribution is -0.120. The van der Waals surface area contributed by atoms with Crippen molar-refractivity contribution in [3.8, 4) is 10.9 Å². The van der Waals surface area contributed by atoms with E-state index in [2.05, 4.69) is 40.3 Å². The van der Waals surface area contributed by atoms with Crippen molar-refractivity contribution in [1.29, 1.82) is 0 Å². The van der Waals surface area contributed by atoms with Crippen LogP contribution in [-0.4, -0.2) is 34.4 Å². The van der Waals surface area contributed by atoms with Crippen molar-refractivity contribution in [3.05, 3.63) is 54.1 Å². The van der Waals surface area contributed by atoms with Crippen LogP contribution in [0.4, 0.5) is 0 Å². The Morgan fingerprint density at radius 3 is 2.76 bits per heavy atom. The maximum Gasteiger partial charge on any atom is 0.279 e. The van der Waals surface area contributed by atoms with Gasteiger partial charge in [0.25, 0.3) is 5.19 Å². The van der Waals surface area contributed by atoms with Crippen LogP contribution in [0, 0.1) is 0 Å². The Balaban J connectivity index is 1.37. The minimum atomic E-state index is 0.0713. The van der Waals surface area contributed by atoms with Gasteiger partial charge in [-0.2, -0.15) is 0 Å². The molecule has 1 aromatic heterocycles. The number of aromatic nitrogens is 1. The topological polar surface area (TPSA) is 54.5 Å². The number of thiazole rings is 1. The van der Waals surface area contributed by atoms with Crippen LogP contribution in [0.1, 0.15) is 38.7 Å². The molecule has 0 aliphatic carbocycles. The van der Waals surface area contributed by atoms with Gasteiger partial charge >= 0.3 is 0 Å². The van der Waals surface area contributed by atoms with Gasteiger partial charge in [0.15, 0.2) is 0 Å². The van der Waals surface area contributed by atoms with Crippen LogP contribution in [0.3, 0.4) is 0 Å². The minimum absolute atomic E-state index is 0.0713. The van der Waals surface area contributed by atoms with Crippen molar-refractivity contribution in [2.45, 2.75) is 51.7 Å². The Kier molecular flexibility index (Phi) is 6.11. The van der Waals surface area contributed by atoms with Gasteiger partial charge in [-0.15, -0.1) is 0 Å². The highest BCUT2D eigenvalue weighted by atomic mass is 32.1. The number of nitrogens with zero attached hydrogens (tertiary/aromatic N) is 2. The number of carbonyl (C=O) groups excluding carboxylic acids is 1. The molecule has 5 nitrogen and oxygen atoms in total. The first-order chi connectivity index (χ1) is 14.1. The molecule has 2 aromatic carbocycles. The molecule has 29 heavy (non-hydrogen) atoms. The highest BCUT2D eigenvalue weighted by Crippen LogP contribution is 2.31. The van der Waals surface area contributed by atoms with E-state index in [-0.39, 0.29) is 5.91 Å². The zero-order valence-corrected chi connectivity index (χ0v) is 17.7. The van der Waals surface area contributed by atoms with Crippen LogP contribution in [-0.2, 0) is 11.3 Å². The molecule has 0 bridgehead atoms. The van der Waals surface area contributed by atoms with Crippen molar-refractivity contribution in [2.24, 2.45) is 0 Å². The summed E-state index contributed by atoms with van der Waals surface area (Å²) in [6.45, 7) is 5.76. The largest absolute Gasteiger partial charge is 0.431 e. The van der Waals surface area contributed by atoms with E-state index >= 15 is 0 Å². The smallest absolute Gasteiger partial charge is 0.279 e. The van der Waals surface area contributed by atoms with Crippen LogP contribution < -0.4 is 10.1 Å². The molecule has 6 heteroatoms. The molecule has 2 atom stereocenters. The summed E-state index contributed by atoms with van der Waals surface area (Å²) in [5.74, 6) is 0.881. The Morgan fingerprint density at radius 1 is 1.24 bits per heavy atom. The van der Waals surface area contributed by atoms with Gasteiger partial charge in [0, 0.05) is 32.1 Å². The molecule has 1 saturated heterocycles. The summed E-state index contributed by atoms with van der Waals surface area (Å²) < 4.78 is 7.09. The fourth-order valence-electron chi connectivity index (χ4n) is 4.04. The van der Waals surface area contributed by atoms with Gasteiger partial charge in [-0.1, -0.05) is 42.5 Å². The average molecular weight is 410 g/mol. The lowest BCUT2D eigenvalue weighted by Crippen LogP contribution is -2.48. The normalized spacial score (nSPS) is 19.9. The summed E-state index contributed by atoms with van der Waals surface area (Å²) in [6, 6.07) is 17.2. The number of rotatable bonds is 6. The highest BCUT2D eigenvalue weighted by Gasteiger charge is 2.27. The summed E-state index contributed by atoms with van der Waals surface area (Å²) >= 11 is 1.56. The number of carbonyl (C=O) groups is 1. The first kappa shape index (κ1) is 19.9. The first-order valence-electron chi connectivity index (χ1n) is 10.2. The lowest BCUT2D eigenvalue weighted by atomic mass is 9.94. The molecule has 2 heterocycles. The van der Waals surface area contributed by atoms with Crippen molar-refractivity contribution in [2.75, 3.05) is 6.54 Å². The van der Waals surface area contributed by atoms with Crippen LogP contribution >= 0.6 is 11.3 Å². The first-order valence-corrected chi connectivity index (χ1v) is 11.1. The zero-order chi connectivity index (χ0) is 20.2. The standard InChI is InChI=1S/C23H27N3O2S/c1-3-19-14-18(24-16(2)27)12-13-26(19)15-17-8-10-20(11-9-17)28-23-25-21-6-4-5-7-22(21)29-23/h4-11,18-19H,3,12-15H2,1-2H3,(H,24,27)/t18-,19-/m0/s1. The fraction of sp³-hybridized carbons (Fsp3) is 0.391. The van der Waals surface area contributed by atoms with Gasteiger partial charge in [0.05, 0.1) is 10.2 Å². The Morgan fingerprint density at radius 2 is 2.03 bits per heavy atom. The number of fused-ring (bicyclic) bond motifs is 1. The van der Waals surface area contributed by atoms with E-state index in [4.69, 9.17) is 4.74 Å². The minimum Gasteiger partial charge on any atom is -0.431 e. The van der Waals surface area contributed by atoms with Gasteiger partial charge in [0.1, 0.15) is 5.75 Å². The summed E-state index contributed by atoms with van der Waals surface area (Å²) in [6.07, 6.45) is 3.12. The molecular weight excluding hydrogens is 382 g/mol. The molecule has 1 fully saturated rings. The van der Waals surface area contributed by atoms with Gasteiger partial charge in [0.2, 0.25) is 5.91 Å². The molecule has 0 spiro atoms. The van der Waals surface area contributed by atoms with Crippen molar-refractivity contribution < 1.29 is 9.53 Å². The molecule has 1 aliphatic rings. The number of piperidine rings is 1. The van der Waals surface area contributed by atoms with Gasteiger partial charge < -0.3 is 10.1 Å². The third-order valence-electron chi connectivity index (χ3n) is 5.50. The van der Waals surface area contributed by atoms with E-state index in [9.17, 15) is 4.79 Å². The molecule has 0 radical (unpaired) electrons. The highest BCUT2D eigenvalue weighted by molar-refractivity contribution is 7.20. The van der Waals surface area contributed by atoms with Gasteiger partial charge in [-0.05, 0) is 49.1 Å². The molecule has 0 saturated carbocycles. The maximum atomic E-state index is 11.4. The Hall–Kier alpha value is -2.44. The van der Waals surface area contributed by atoms with E-state index < -0.39 is 0 Å². The number of para-hydroxylation sites is 1. The molecular formula is C23H27N3O2S. The van der Waals surface area contributed by atoms with Crippen LogP contribution in [0.25, 0.3) is 10.2 Å².